The van der Waals surface area contributed by atoms with E-state index in [9.17, 15) is 9.90 Å². The highest BCUT2D eigenvalue weighted by atomic mass is 16.5. The van der Waals surface area contributed by atoms with Crippen LogP contribution in [0.4, 0.5) is 0 Å². The fourth-order valence-corrected chi connectivity index (χ4v) is 2.85. The molecular formula is C17H22O3. The summed E-state index contributed by atoms with van der Waals surface area (Å²) in [6.07, 6.45) is 8.11. The first kappa shape index (κ1) is 14.8. The van der Waals surface area contributed by atoms with E-state index in [2.05, 4.69) is 0 Å². The Labute approximate surface area is 120 Å². The number of rotatable bonds is 4. The second kappa shape index (κ2) is 7.25. The van der Waals surface area contributed by atoms with Gasteiger partial charge in [0.05, 0.1) is 19.3 Å². The van der Waals surface area contributed by atoms with Gasteiger partial charge in [-0.2, -0.15) is 0 Å². The lowest BCUT2D eigenvalue weighted by atomic mass is 9.83. The predicted octanol–water partition coefficient (Wildman–Crippen LogP) is 3.43. The summed E-state index contributed by atoms with van der Waals surface area (Å²) in [5, 5.41) is 9.60. The van der Waals surface area contributed by atoms with Crippen molar-refractivity contribution in [3.63, 3.8) is 0 Å². The van der Waals surface area contributed by atoms with Crippen molar-refractivity contribution in [2.45, 2.75) is 32.1 Å². The van der Waals surface area contributed by atoms with E-state index in [4.69, 9.17) is 4.74 Å². The van der Waals surface area contributed by atoms with Gasteiger partial charge in [-0.05, 0) is 42.0 Å². The van der Waals surface area contributed by atoms with E-state index in [1.807, 2.05) is 24.3 Å². The molecule has 0 unspecified atom stereocenters. The molecule has 3 heteroatoms. The van der Waals surface area contributed by atoms with Crippen molar-refractivity contribution >= 4 is 12.0 Å². The van der Waals surface area contributed by atoms with Gasteiger partial charge in [-0.3, -0.25) is 0 Å². The molecule has 0 bridgehead atoms. The molecule has 0 amide bonds. The lowest BCUT2D eigenvalue weighted by Crippen LogP contribution is -2.11. The number of benzene rings is 1. The minimum atomic E-state index is -0.330. The largest absolute Gasteiger partial charge is 0.465 e. The van der Waals surface area contributed by atoms with Crippen LogP contribution in [0.15, 0.2) is 29.8 Å². The fraction of sp³-hybridized carbons (Fsp3) is 0.471. The van der Waals surface area contributed by atoms with Gasteiger partial charge in [0, 0.05) is 0 Å². The summed E-state index contributed by atoms with van der Waals surface area (Å²) >= 11 is 0. The third-order valence-corrected chi connectivity index (χ3v) is 3.97. The first-order chi connectivity index (χ1) is 9.74. The number of esters is 1. The quantitative estimate of drug-likeness (QED) is 0.856. The predicted molar refractivity (Wildman–Crippen MR) is 79.4 cm³/mol. The molecule has 3 nitrogen and oxygen atoms in total. The van der Waals surface area contributed by atoms with Gasteiger partial charge in [-0.25, -0.2) is 4.79 Å². The molecule has 0 aromatic heterocycles. The van der Waals surface area contributed by atoms with Gasteiger partial charge in [0.15, 0.2) is 0 Å². The highest BCUT2D eigenvalue weighted by molar-refractivity contribution is 5.90. The molecule has 108 valence electrons. The Morgan fingerprint density at radius 1 is 1.35 bits per heavy atom. The first-order valence-electron chi connectivity index (χ1n) is 7.24. The number of carbonyl (C=O) groups is 1. The van der Waals surface area contributed by atoms with Crippen molar-refractivity contribution in [2.75, 3.05) is 13.7 Å². The molecule has 0 radical (unpaired) electrons. The molecular weight excluding hydrogens is 252 g/mol. The number of carbonyl (C=O) groups excluding carboxylic acids is 1. The summed E-state index contributed by atoms with van der Waals surface area (Å²) in [4.78, 5) is 11.5. The van der Waals surface area contributed by atoms with Crippen molar-refractivity contribution in [3.05, 3.63) is 41.0 Å². The maximum Gasteiger partial charge on any atom is 0.337 e. The Balaban J connectivity index is 2.20. The number of aliphatic hydroxyl groups is 1. The Bertz CT molecular complexity index is 485. The van der Waals surface area contributed by atoms with Crippen LogP contribution >= 0.6 is 0 Å². The molecule has 20 heavy (non-hydrogen) atoms. The van der Waals surface area contributed by atoms with Crippen LogP contribution in [-0.4, -0.2) is 24.8 Å². The summed E-state index contributed by atoms with van der Waals surface area (Å²) in [6.45, 7) is 0.0904. The van der Waals surface area contributed by atoms with Crippen LogP contribution in [0.2, 0.25) is 0 Å². The molecule has 0 atom stereocenters. The van der Waals surface area contributed by atoms with Crippen LogP contribution in [0, 0.1) is 5.92 Å². The summed E-state index contributed by atoms with van der Waals surface area (Å²) in [5.74, 6) is 0.152. The first-order valence-corrected chi connectivity index (χ1v) is 7.24. The minimum absolute atomic E-state index is 0.0904. The normalized spacial score (nSPS) is 17.0. The van der Waals surface area contributed by atoms with Gasteiger partial charge in [0.2, 0.25) is 0 Å². The average Bonchev–Trinajstić information content (AvgIpc) is 2.53. The van der Waals surface area contributed by atoms with Crippen LogP contribution in [0.5, 0.6) is 0 Å². The Hall–Kier alpha value is -1.61. The highest BCUT2D eigenvalue weighted by Crippen LogP contribution is 2.30. The van der Waals surface area contributed by atoms with Gasteiger partial charge in [0.1, 0.15) is 0 Å². The van der Waals surface area contributed by atoms with Gasteiger partial charge >= 0.3 is 5.97 Å². The summed E-state index contributed by atoms with van der Waals surface area (Å²) < 4.78 is 4.73. The zero-order valence-electron chi connectivity index (χ0n) is 12.0. The molecule has 2 rings (SSSR count). The SMILES string of the molecule is COC(=O)c1cccc(/C=C(/CO)C2CCCCC2)c1. The standard InChI is InChI=1S/C17H22O3/c1-20-17(19)15-9-5-6-13(10-15)11-16(12-18)14-7-3-2-4-8-14/h5-6,9-11,14,18H,2-4,7-8,12H2,1H3/b16-11-. The van der Waals surface area contributed by atoms with Crippen molar-refractivity contribution in [1.82, 2.24) is 0 Å². The molecule has 0 heterocycles. The van der Waals surface area contributed by atoms with Gasteiger partial charge in [-0.15, -0.1) is 0 Å². The minimum Gasteiger partial charge on any atom is -0.465 e. The van der Waals surface area contributed by atoms with E-state index in [1.54, 1.807) is 6.07 Å². The molecule has 1 saturated carbocycles. The molecule has 0 saturated heterocycles. The molecule has 1 N–H and O–H groups in total. The molecule has 1 aliphatic rings. The Kier molecular flexibility index (Phi) is 5.36. The van der Waals surface area contributed by atoms with Crippen LogP contribution in [0.25, 0.3) is 6.08 Å². The smallest absolute Gasteiger partial charge is 0.337 e. The molecule has 1 aliphatic carbocycles. The third-order valence-electron chi connectivity index (χ3n) is 3.97. The van der Waals surface area contributed by atoms with E-state index in [0.717, 1.165) is 24.0 Å². The fourth-order valence-electron chi connectivity index (χ4n) is 2.85. The number of aliphatic hydroxyl groups excluding tert-OH is 1. The maximum atomic E-state index is 11.5. The molecule has 0 spiro atoms. The molecule has 1 aromatic carbocycles. The molecule has 1 fully saturated rings. The van der Waals surface area contributed by atoms with Crippen LogP contribution < -0.4 is 0 Å². The molecule has 1 aromatic rings. The average molecular weight is 274 g/mol. The summed E-state index contributed by atoms with van der Waals surface area (Å²) in [6, 6.07) is 7.34. The zero-order chi connectivity index (χ0) is 14.4. The maximum absolute atomic E-state index is 11.5. The van der Waals surface area contributed by atoms with Gasteiger partial charge in [0.25, 0.3) is 0 Å². The lowest BCUT2D eigenvalue weighted by Gasteiger charge is -2.23. The Morgan fingerprint density at radius 2 is 2.10 bits per heavy atom. The number of hydrogen-bond acceptors (Lipinski definition) is 3. The lowest BCUT2D eigenvalue weighted by molar-refractivity contribution is 0.0600. The van der Waals surface area contributed by atoms with E-state index in [-0.39, 0.29) is 12.6 Å². The van der Waals surface area contributed by atoms with Crippen molar-refractivity contribution in [1.29, 1.82) is 0 Å². The summed E-state index contributed by atoms with van der Waals surface area (Å²) in [5.41, 5.74) is 2.57. The third kappa shape index (κ3) is 3.70. The highest BCUT2D eigenvalue weighted by Gasteiger charge is 2.17. The Morgan fingerprint density at radius 3 is 2.75 bits per heavy atom. The van der Waals surface area contributed by atoms with Crippen LogP contribution in [0.1, 0.15) is 48.0 Å². The number of methoxy groups -OCH3 is 1. The van der Waals surface area contributed by atoms with Crippen LogP contribution in [0.3, 0.4) is 0 Å². The van der Waals surface area contributed by atoms with Gasteiger partial charge in [-0.1, -0.05) is 37.5 Å². The topological polar surface area (TPSA) is 46.5 Å². The second-order valence-corrected chi connectivity index (χ2v) is 5.33. The van der Waals surface area contributed by atoms with Crippen molar-refractivity contribution in [2.24, 2.45) is 5.92 Å². The van der Waals surface area contributed by atoms with E-state index < -0.39 is 0 Å². The number of hydrogen-bond donors (Lipinski definition) is 1. The van der Waals surface area contributed by atoms with Gasteiger partial charge < -0.3 is 9.84 Å². The molecule has 0 aliphatic heterocycles. The van der Waals surface area contributed by atoms with E-state index >= 15 is 0 Å². The monoisotopic (exact) mass is 274 g/mol. The number of ether oxygens (including phenoxy) is 1. The zero-order valence-corrected chi connectivity index (χ0v) is 12.0. The van der Waals surface area contributed by atoms with Crippen molar-refractivity contribution < 1.29 is 14.6 Å². The van der Waals surface area contributed by atoms with E-state index in [0.29, 0.717) is 11.5 Å². The second-order valence-electron chi connectivity index (χ2n) is 5.33. The van der Waals surface area contributed by atoms with Crippen molar-refractivity contribution in [3.8, 4) is 0 Å². The van der Waals surface area contributed by atoms with Crippen LogP contribution in [-0.2, 0) is 4.74 Å². The van der Waals surface area contributed by atoms with E-state index in [1.165, 1.54) is 26.4 Å². The summed E-state index contributed by atoms with van der Waals surface area (Å²) in [7, 11) is 1.38.